The van der Waals surface area contributed by atoms with Crippen molar-refractivity contribution in [3.63, 3.8) is 0 Å². The van der Waals surface area contributed by atoms with E-state index in [1.165, 1.54) is 56.5 Å². The Balaban J connectivity index is 0.000000350. The van der Waals surface area contributed by atoms with E-state index in [1.54, 1.807) is 169 Å². The molecule has 0 saturated heterocycles. The number of unbranched alkanes of at least 4 members (excludes halogenated alkanes) is 3. The minimum absolute atomic E-state index is 0. The van der Waals surface area contributed by atoms with E-state index < -0.39 is 11.9 Å². The van der Waals surface area contributed by atoms with Crippen molar-refractivity contribution in [2.45, 2.75) is 66.0 Å². The van der Waals surface area contributed by atoms with Gasteiger partial charge in [-0.3, -0.25) is 43.7 Å². The summed E-state index contributed by atoms with van der Waals surface area (Å²) in [5, 5.41) is 15.3. The second kappa shape index (κ2) is 35.2. The Kier molecular flexibility index (Phi) is 27.1. The van der Waals surface area contributed by atoms with Crippen molar-refractivity contribution in [3.05, 3.63) is 235 Å². The fraction of sp³-hybridized carbons (Fsp3) is 0.143. The molecule has 0 amide bonds. The first-order valence-corrected chi connectivity index (χ1v) is 29.2. The van der Waals surface area contributed by atoms with Crippen LogP contribution < -0.4 is 5.10 Å². The molecule has 0 aliphatic rings. The molecule has 92 heavy (non-hydrogen) atoms. The molecular formula is C70H56F3N7O9RuS2. The maximum Gasteiger partial charge on any atom is 2.00 e. The number of thiophene rings is 1. The second-order valence-corrected chi connectivity index (χ2v) is 21.2. The summed E-state index contributed by atoms with van der Waals surface area (Å²) in [6.07, 6.45) is 15.2. The number of rotatable bonds is 25. The Morgan fingerprint density at radius 3 is 1.36 bits per heavy atom. The van der Waals surface area contributed by atoms with Crippen LogP contribution in [-0.2, 0) is 60.7 Å². The van der Waals surface area contributed by atoms with Gasteiger partial charge in [-0.05, 0) is 147 Å². The molecule has 6 aromatic heterocycles. The van der Waals surface area contributed by atoms with Gasteiger partial charge >= 0.3 is 25.7 Å². The number of aryl methyl sites for hydroxylation is 1. The van der Waals surface area contributed by atoms with Gasteiger partial charge in [-0.15, -0.1) is 11.3 Å². The quantitative estimate of drug-likeness (QED) is 0.00756. The Bertz CT molecular complexity index is 4070. The van der Waals surface area contributed by atoms with Crippen LogP contribution in [0.3, 0.4) is 0 Å². The number of hydrogen-bond donors (Lipinski definition) is 0. The van der Waals surface area contributed by atoms with Gasteiger partial charge in [-0.1, -0.05) is 123 Å². The minimum Gasteiger partial charge on any atom is -0.753 e. The summed E-state index contributed by atoms with van der Waals surface area (Å²) in [6, 6.07) is 39.0. The molecule has 0 aliphatic carbocycles. The van der Waals surface area contributed by atoms with Crippen molar-refractivity contribution in [3.8, 4) is 34.2 Å². The Hall–Kier alpha value is -10.2. The molecular weight excluding hydrogens is 1310 g/mol. The first kappa shape index (κ1) is 70.8. The zero-order chi connectivity index (χ0) is 65.3. The van der Waals surface area contributed by atoms with Gasteiger partial charge in [0.05, 0.1) is 22.8 Å². The van der Waals surface area contributed by atoms with Crippen LogP contribution in [0.4, 0.5) is 13.2 Å². The first-order chi connectivity index (χ1) is 43.9. The molecule has 9 aromatic rings. The van der Waals surface area contributed by atoms with Gasteiger partial charge in [-0.25, -0.2) is 4.98 Å². The topological polar surface area (TPSA) is 231 Å². The molecule has 466 valence electrons. The molecule has 22 heteroatoms. The number of alkyl halides is 3. The third kappa shape index (κ3) is 20.9. The predicted octanol–water partition coefficient (Wildman–Crippen LogP) is 16.0. The average Bonchev–Trinajstić information content (AvgIpc) is 0.902. The van der Waals surface area contributed by atoms with Crippen molar-refractivity contribution in [2.24, 2.45) is 0 Å². The summed E-state index contributed by atoms with van der Waals surface area (Å²) < 4.78 is 54.2. The molecule has 0 atom stereocenters. The van der Waals surface area contributed by atoms with Crippen molar-refractivity contribution >= 4 is 113 Å². The molecule has 0 unspecified atom stereocenters. The zero-order valence-corrected chi connectivity index (χ0v) is 53.1. The van der Waals surface area contributed by atoms with E-state index in [-0.39, 0.29) is 59.8 Å². The standard InChI is InChI=1S/C48H35N3O9.C21H21F3N3S.CNS.Ru/c1-30(55)36-4-10-39(11-5-36)46(58-27-52)24-33-16-18-49-42(20-33)44-22-35(26-48(60-29-54)41-14-8-38(9-15-41)32(3)57)23-45(51-44)43-21-34(17-19-50-43)25-47(59-28-53)40-12-6-37(7-13-40)31(2)56;1-2-3-4-5-6-16-9-10-17(28-16)8-7-15-11-12-25-18(13-15)19-14-20(27-26-19)21(22,23)24;2-1-3;/h4-29H,1-3H3;7-14H,2-6H2,1H3;;/q;2*-1;+2/b46-24+,47-25+,48-26+;8-7+;;. The number of hydrogen-bond acceptors (Lipinski definition) is 16. The van der Waals surface area contributed by atoms with E-state index in [0.29, 0.717) is 98.0 Å². The zero-order valence-electron chi connectivity index (χ0n) is 49.8. The summed E-state index contributed by atoms with van der Waals surface area (Å²) in [5.74, 6) is 0.331. The molecule has 0 radical (unpaired) electrons. The molecule has 0 spiro atoms. The minimum atomic E-state index is -4.50. The van der Waals surface area contributed by atoms with Crippen LogP contribution in [0.5, 0.6) is 0 Å². The summed E-state index contributed by atoms with van der Waals surface area (Å²) in [7, 11) is 0. The van der Waals surface area contributed by atoms with Crippen molar-refractivity contribution in [2.75, 3.05) is 0 Å². The number of carbonyl (C=O) groups excluding carboxylic acids is 6. The smallest absolute Gasteiger partial charge is 0.753 e. The van der Waals surface area contributed by atoms with Gasteiger partial charge in [0, 0.05) is 67.4 Å². The number of isothiocyanates is 1. The number of nitrogens with zero attached hydrogens (tertiary/aromatic N) is 7. The third-order valence-corrected chi connectivity index (χ3v) is 14.5. The van der Waals surface area contributed by atoms with E-state index in [2.05, 4.69) is 56.4 Å². The van der Waals surface area contributed by atoms with Crippen LogP contribution >= 0.6 is 23.6 Å². The van der Waals surface area contributed by atoms with Crippen LogP contribution in [0.1, 0.15) is 139 Å². The summed E-state index contributed by atoms with van der Waals surface area (Å²) in [6.45, 7) is 7.53. The fourth-order valence-electron chi connectivity index (χ4n) is 8.80. The number of aromatic nitrogens is 6. The molecule has 0 saturated carbocycles. The van der Waals surface area contributed by atoms with Crippen molar-refractivity contribution in [1.29, 1.82) is 0 Å². The number of halogens is 3. The van der Waals surface area contributed by atoms with Gasteiger partial charge < -0.3 is 29.8 Å². The summed E-state index contributed by atoms with van der Waals surface area (Å²) >= 11 is 5.47. The maximum absolute atomic E-state index is 12.7. The van der Waals surface area contributed by atoms with Gasteiger partial charge in [-0.2, -0.15) is 18.3 Å². The van der Waals surface area contributed by atoms with E-state index in [0.717, 1.165) is 22.9 Å². The number of ketones is 3. The van der Waals surface area contributed by atoms with Crippen molar-refractivity contribution < 1.29 is 75.6 Å². The number of thiocarbonyl (C=S) groups is 1. The Labute approximate surface area is 550 Å². The molecule has 0 bridgehead atoms. The fourth-order valence-corrected chi connectivity index (χ4v) is 9.75. The monoisotopic (exact) mass is 1360 g/mol. The van der Waals surface area contributed by atoms with E-state index in [4.69, 9.17) is 24.6 Å². The molecule has 0 N–H and O–H groups in total. The molecule has 6 heterocycles. The van der Waals surface area contributed by atoms with Crippen molar-refractivity contribution in [1.82, 2.24) is 30.1 Å². The van der Waals surface area contributed by atoms with E-state index in [1.807, 2.05) is 12.2 Å². The third-order valence-electron chi connectivity index (χ3n) is 13.4. The van der Waals surface area contributed by atoms with Gasteiger partial charge in [0.2, 0.25) is 0 Å². The van der Waals surface area contributed by atoms with Crippen LogP contribution in [0.2, 0.25) is 0 Å². The van der Waals surface area contributed by atoms with Crippen LogP contribution in [0.25, 0.3) is 87.2 Å². The molecule has 9 rings (SSSR count). The second-order valence-electron chi connectivity index (χ2n) is 19.8. The molecule has 0 fully saturated rings. The Morgan fingerprint density at radius 1 is 0.543 bits per heavy atom. The molecule has 3 aromatic carbocycles. The average molecular weight is 1360 g/mol. The number of benzene rings is 3. The van der Waals surface area contributed by atoms with Gasteiger partial charge in [0.1, 0.15) is 23.0 Å². The largest absolute Gasteiger partial charge is 2.00 e. The summed E-state index contributed by atoms with van der Waals surface area (Å²) in [5.41, 5.74) is 6.88. The SMILES string of the molecule is CC(=O)c1ccc(/C(=C\c2ccnc(-c3cc(/C=C(/OC=O)c4ccc(C(C)=O)cc4)cc(-c4cc(/C=C(/OC=O)c5ccc(C(C)=O)cc5)ccn4)n3)c2)OC=O)cc1.CCCCCCc1ccc(/C=C/c2ccnc(-c3cc(C(F)(F)F)n[n-]3)c2)s1.[N-]=C=S.[Ru+2]. The van der Waals surface area contributed by atoms with E-state index >= 15 is 0 Å². The van der Waals surface area contributed by atoms with Crippen LogP contribution in [0.15, 0.2) is 158 Å². The summed E-state index contributed by atoms with van der Waals surface area (Å²) in [4.78, 5) is 91.1. The maximum atomic E-state index is 12.7. The van der Waals surface area contributed by atoms with Gasteiger partial charge in [0.25, 0.3) is 19.4 Å². The number of Topliss-reactive ketones (excluding diaryl/α,β-unsaturated/α-hetero) is 3. The van der Waals surface area contributed by atoms with Crippen LogP contribution in [-0.4, -0.2) is 67.0 Å². The Morgan fingerprint density at radius 2 is 0.946 bits per heavy atom. The number of pyridine rings is 4. The predicted molar refractivity (Wildman–Crippen MR) is 348 cm³/mol. The molecule has 0 aliphatic heterocycles. The number of ether oxygens (including phenoxy) is 3. The van der Waals surface area contributed by atoms with E-state index in [9.17, 15) is 41.9 Å². The van der Waals surface area contributed by atoms with Gasteiger partial charge in [0.15, 0.2) is 17.3 Å². The normalized spacial score (nSPS) is 11.4. The number of carbonyl (C=O) groups is 6. The van der Waals surface area contributed by atoms with Crippen LogP contribution in [0, 0.1) is 0 Å². The molecule has 16 nitrogen and oxygen atoms in total. The first-order valence-electron chi connectivity index (χ1n) is 28.0.